The number of carbonyl (C=O) groups is 1. The molecule has 0 aliphatic carbocycles. The van der Waals surface area contributed by atoms with E-state index in [0.29, 0.717) is 6.42 Å². The molecule has 0 aliphatic heterocycles. The molecule has 4 heteroatoms. The number of aliphatic hydroxyl groups excluding tert-OH is 1. The first kappa shape index (κ1) is 9.46. The van der Waals surface area contributed by atoms with Gasteiger partial charge in [0.25, 0.3) is 0 Å². The summed E-state index contributed by atoms with van der Waals surface area (Å²) >= 11 is 4.88. The summed E-state index contributed by atoms with van der Waals surface area (Å²) in [7, 11) is 0. The van der Waals surface area contributed by atoms with Crippen molar-refractivity contribution in [3.05, 3.63) is 12.7 Å². The first-order valence-corrected chi connectivity index (χ1v) is 3.16. The number of hydrogen-bond donors (Lipinski definition) is 1. The second kappa shape index (κ2) is 5.26. The number of hydrogen-bond acceptors (Lipinski definition) is 3. The van der Waals surface area contributed by atoms with Crippen molar-refractivity contribution in [1.29, 1.82) is 0 Å². The Labute approximate surface area is 64.2 Å². The number of carbonyl (C=O) groups excluding carboxylic acids is 1. The molecule has 0 aromatic carbocycles. The van der Waals surface area contributed by atoms with Crippen molar-refractivity contribution < 1.29 is 14.6 Å². The minimum absolute atomic E-state index is 0.232. The Hall–Kier alpha value is -0.540. The van der Waals surface area contributed by atoms with Gasteiger partial charge in [0, 0.05) is 18.0 Å². The molecule has 1 atom stereocenters. The Balaban J connectivity index is 3.59. The normalized spacial score (nSPS) is 12.2. The lowest BCUT2D eigenvalue weighted by Gasteiger charge is -2.09. The molecule has 0 aromatic heterocycles. The fourth-order valence-corrected chi connectivity index (χ4v) is 0.603. The van der Waals surface area contributed by atoms with Crippen LogP contribution in [0.2, 0.25) is 0 Å². The van der Waals surface area contributed by atoms with Crippen molar-refractivity contribution in [2.24, 2.45) is 0 Å². The van der Waals surface area contributed by atoms with Gasteiger partial charge in [-0.15, -0.1) is 6.58 Å². The van der Waals surface area contributed by atoms with E-state index in [4.69, 9.17) is 16.7 Å². The van der Waals surface area contributed by atoms with Gasteiger partial charge in [0.1, 0.15) is 6.10 Å². The SMILES string of the molecule is C=CC[C@H](CO)OC(=O)Cl. The van der Waals surface area contributed by atoms with Gasteiger partial charge in [-0.1, -0.05) is 6.08 Å². The summed E-state index contributed by atoms with van der Waals surface area (Å²) in [5.74, 6) is 0. The van der Waals surface area contributed by atoms with E-state index in [1.54, 1.807) is 6.08 Å². The van der Waals surface area contributed by atoms with Gasteiger partial charge >= 0.3 is 5.43 Å². The largest absolute Gasteiger partial charge is 0.448 e. The van der Waals surface area contributed by atoms with Crippen LogP contribution in [-0.2, 0) is 4.74 Å². The van der Waals surface area contributed by atoms with Crippen LogP contribution in [0.5, 0.6) is 0 Å². The summed E-state index contributed by atoms with van der Waals surface area (Å²) in [5.41, 5.74) is -0.902. The van der Waals surface area contributed by atoms with Gasteiger partial charge in [-0.3, -0.25) is 0 Å². The third-order valence-electron chi connectivity index (χ3n) is 0.893. The predicted octanol–water partition coefficient (Wildman–Crippen LogP) is 1.30. The molecule has 0 saturated carbocycles. The van der Waals surface area contributed by atoms with E-state index >= 15 is 0 Å². The fraction of sp³-hybridized carbons (Fsp3) is 0.500. The van der Waals surface area contributed by atoms with Crippen LogP contribution in [0.3, 0.4) is 0 Å². The molecule has 0 aromatic rings. The second-order valence-corrected chi connectivity index (χ2v) is 1.99. The Morgan fingerprint density at radius 3 is 2.80 bits per heavy atom. The minimum Gasteiger partial charge on any atom is -0.448 e. The van der Waals surface area contributed by atoms with Crippen LogP contribution in [0.4, 0.5) is 4.79 Å². The standard InChI is InChI=1S/C6H9ClO3/c1-2-3-5(4-8)10-6(7)9/h2,5,8H,1,3-4H2/t5-/m1/s1. The van der Waals surface area contributed by atoms with Crippen LogP contribution < -0.4 is 0 Å². The van der Waals surface area contributed by atoms with E-state index in [-0.39, 0.29) is 6.61 Å². The number of ether oxygens (including phenoxy) is 1. The van der Waals surface area contributed by atoms with Gasteiger partial charge in [0.2, 0.25) is 0 Å². The van der Waals surface area contributed by atoms with Crippen molar-refractivity contribution in [3.8, 4) is 0 Å². The maximum atomic E-state index is 10.1. The first-order valence-electron chi connectivity index (χ1n) is 2.78. The van der Waals surface area contributed by atoms with Crippen molar-refractivity contribution in [2.75, 3.05) is 6.61 Å². The molecule has 0 bridgehead atoms. The molecule has 0 aliphatic rings. The molecule has 0 spiro atoms. The average molecular weight is 165 g/mol. The quantitative estimate of drug-likeness (QED) is 0.503. The zero-order valence-corrected chi connectivity index (χ0v) is 6.17. The van der Waals surface area contributed by atoms with Crippen LogP contribution in [-0.4, -0.2) is 23.2 Å². The van der Waals surface area contributed by atoms with Crippen molar-refractivity contribution in [2.45, 2.75) is 12.5 Å². The lowest BCUT2D eigenvalue weighted by Crippen LogP contribution is -2.17. The molecule has 0 radical (unpaired) electrons. The molecule has 0 amide bonds. The molecule has 0 unspecified atom stereocenters. The Kier molecular flexibility index (Phi) is 4.98. The average Bonchev–Trinajstić information content (AvgIpc) is 1.86. The summed E-state index contributed by atoms with van der Waals surface area (Å²) in [6.45, 7) is 3.18. The van der Waals surface area contributed by atoms with Crippen LogP contribution in [0, 0.1) is 0 Å². The van der Waals surface area contributed by atoms with E-state index < -0.39 is 11.5 Å². The van der Waals surface area contributed by atoms with Crippen molar-refractivity contribution >= 4 is 17.0 Å². The third kappa shape index (κ3) is 4.35. The van der Waals surface area contributed by atoms with E-state index in [2.05, 4.69) is 11.3 Å². The minimum atomic E-state index is -0.902. The lowest BCUT2D eigenvalue weighted by atomic mass is 10.3. The molecule has 0 heterocycles. The van der Waals surface area contributed by atoms with Gasteiger partial charge < -0.3 is 9.84 Å². The summed E-state index contributed by atoms with van der Waals surface area (Å²) in [6.07, 6.45) is 1.40. The van der Waals surface area contributed by atoms with Gasteiger partial charge in [-0.05, 0) is 0 Å². The molecule has 3 nitrogen and oxygen atoms in total. The highest BCUT2D eigenvalue weighted by molar-refractivity contribution is 6.61. The molecule has 0 fully saturated rings. The smallest absolute Gasteiger partial charge is 0.404 e. The monoisotopic (exact) mass is 164 g/mol. The summed E-state index contributed by atoms with van der Waals surface area (Å²) in [4.78, 5) is 10.1. The van der Waals surface area contributed by atoms with Crippen LogP contribution in [0.15, 0.2) is 12.7 Å². The maximum Gasteiger partial charge on any atom is 0.404 e. The van der Waals surface area contributed by atoms with Gasteiger partial charge in [-0.2, -0.15) is 0 Å². The lowest BCUT2D eigenvalue weighted by molar-refractivity contribution is 0.0757. The first-order chi connectivity index (χ1) is 4.70. The highest BCUT2D eigenvalue weighted by Gasteiger charge is 2.08. The molecule has 1 N–H and O–H groups in total. The maximum absolute atomic E-state index is 10.1. The van der Waals surface area contributed by atoms with E-state index in [0.717, 1.165) is 0 Å². The molecule has 0 saturated heterocycles. The summed E-state index contributed by atoms with van der Waals surface area (Å²) < 4.78 is 4.45. The fourth-order valence-electron chi connectivity index (χ4n) is 0.477. The Morgan fingerprint density at radius 1 is 1.90 bits per heavy atom. The number of halogens is 1. The van der Waals surface area contributed by atoms with Crippen LogP contribution in [0.25, 0.3) is 0 Å². The topological polar surface area (TPSA) is 46.5 Å². The molecule has 10 heavy (non-hydrogen) atoms. The molecule has 58 valence electrons. The van der Waals surface area contributed by atoms with Gasteiger partial charge in [0.05, 0.1) is 6.61 Å². The zero-order valence-electron chi connectivity index (χ0n) is 5.42. The third-order valence-corrected chi connectivity index (χ3v) is 0.982. The predicted molar refractivity (Wildman–Crippen MR) is 38.0 cm³/mol. The Morgan fingerprint density at radius 2 is 2.50 bits per heavy atom. The molecular formula is C6H9ClO3. The molecule has 0 rings (SSSR count). The summed E-state index contributed by atoms with van der Waals surface area (Å²) in [6, 6.07) is 0. The Bertz CT molecular complexity index is 124. The zero-order chi connectivity index (χ0) is 7.98. The number of rotatable bonds is 4. The van der Waals surface area contributed by atoms with E-state index in [1.807, 2.05) is 0 Å². The van der Waals surface area contributed by atoms with Crippen LogP contribution >= 0.6 is 11.6 Å². The highest BCUT2D eigenvalue weighted by Crippen LogP contribution is 2.00. The van der Waals surface area contributed by atoms with Gasteiger partial charge in [-0.25, -0.2) is 4.79 Å². The number of aliphatic hydroxyl groups is 1. The van der Waals surface area contributed by atoms with Crippen molar-refractivity contribution in [1.82, 2.24) is 0 Å². The molecular weight excluding hydrogens is 156 g/mol. The van der Waals surface area contributed by atoms with Gasteiger partial charge in [0.15, 0.2) is 0 Å². The summed E-state index contributed by atoms with van der Waals surface area (Å²) in [5, 5.41) is 8.52. The van der Waals surface area contributed by atoms with E-state index in [9.17, 15) is 4.79 Å². The van der Waals surface area contributed by atoms with Crippen LogP contribution in [0.1, 0.15) is 6.42 Å². The van der Waals surface area contributed by atoms with Crippen molar-refractivity contribution in [3.63, 3.8) is 0 Å². The van der Waals surface area contributed by atoms with E-state index in [1.165, 1.54) is 0 Å². The highest BCUT2D eigenvalue weighted by atomic mass is 35.5. The second-order valence-electron chi connectivity index (χ2n) is 1.68.